The van der Waals surface area contributed by atoms with Crippen LogP contribution < -0.4 is 15.8 Å². The lowest BCUT2D eigenvalue weighted by Gasteiger charge is -2.23. The number of aryl methyl sites for hydroxylation is 1. The first-order chi connectivity index (χ1) is 23.6. The van der Waals surface area contributed by atoms with E-state index in [9.17, 15) is 18.4 Å². The molecule has 1 saturated carbocycles. The number of hydrogen-bond donors (Lipinski definition) is 2. The van der Waals surface area contributed by atoms with Crippen molar-refractivity contribution in [3.63, 3.8) is 0 Å². The third-order valence-electron chi connectivity index (χ3n) is 10.4. The molecule has 1 aliphatic carbocycles. The van der Waals surface area contributed by atoms with Crippen molar-refractivity contribution < 1.29 is 23.1 Å². The minimum Gasteiger partial charge on any atom is -0.482 e. The van der Waals surface area contributed by atoms with E-state index >= 15 is 0 Å². The van der Waals surface area contributed by atoms with Crippen molar-refractivity contribution >= 4 is 28.5 Å². The normalized spacial score (nSPS) is 20.9. The number of nitrogens with one attached hydrogen (secondary N) is 1. The van der Waals surface area contributed by atoms with E-state index < -0.39 is 24.1 Å². The molecule has 5 aromatic rings. The summed E-state index contributed by atoms with van der Waals surface area (Å²) in [6.07, 6.45) is 3.45. The third-order valence-corrected chi connectivity index (χ3v) is 10.4. The summed E-state index contributed by atoms with van der Waals surface area (Å²) in [7, 11) is 1.60. The van der Waals surface area contributed by atoms with Gasteiger partial charge in [0, 0.05) is 53.4 Å². The monoisotopic (exact) mass is 668 g/mol. The Bertz CT molecular complexity index is 2120. The molecule has 2 amide bonds. The van der Waals surface area contributed by atoms with Crippen molar-refractivity contribution in [2.45, 2.75) is 83.1 Å². The number of rotatable bonds is 9. The first kappa shape index (κ1) is 31.4. The number of carbonyl (C=O) groups is 2. The predicted octanol–water partition coefficient (Wildman–Crippen LogP) is 5.61. The van der Waals surface area contributed by atoms with Gasteiger partial charge in [0.05, 0.1) is 30.2 Å². The molecule has 7 heterocycles. The van der Waals surface area contributed by atoms with Crippen LogP contribution in [0.4, 0.5) is 8.78 Å². The van der Waals surface area contributed by atoms with Gasteiger partial charge in [0.2, 0.25) is 0 Å². The van der Waals surface area contributed by atoms with E-state index in [0.29, 0.717) is 28.7 Å². The Balaban J connectivity index is 1.15. The summed E-state index contributed by atoms with van der Waals surface area (Å²) in [5, 5.41) is 3.81. The molecule has 0 spiro atoms. The molecule has 3 N–H and O–H groups in total. The summed E-state index contributed by atoms with van der Waals surface area (Å²) in [5.74, 6) is 0.520. The highest BCUT2D eigenvalue weighted by Gasteiger charge is 2.47. The zero-order valence-electron chi connectivity index (χ0n) is 27.6. The van der Waals surface area contributed by atoms with Crippen molar-refractivity contribution in [1.29, 1.82) is 0 Å². The molecule has 0 aromatic carbocycles. The van der Waals surface area contributed by atoms with Crippen LogP contribution in [0.1, 0.15) is 89.3 Å². The summed E-state index contributed by atoms with van der Waals surface area (Å²) in [6.45, 7) is 4.57. The van der Waals surface area contributed by atoms with Crippen molar-refractivity contribution in [1.82, 2.24) is 34.1 Å². The van der Waals surface area contributed by atoms with Gasteiger partial charge in [-0.2, -0.15) is 0 Å². The van der Waals surface area contributed by atoms with Crippen LogP contribution in [0.2, 0.25) is 0 Å². The minimum absolute atomic E-state index is 0.0120. The highest BCUT2D eigenvalue weighted by atomic mass is 19.3. The molecule has 2 aliphatic heterocycles. The summed E-state index contributed by atoms with van der Waals surface area (Å²) < 4.78 is 36.3. The van der Waals surface area contributed by atoms with Crippen LogP contribution >= 0.6 is 0 Å². The van der Waals surface area contributed by atoms with Gasteiger partial charge in [-0.25, -0.2) is 18.7 Å². The number of fused-ring (bicyclic) bond motifs is 4. The number of pyridine rings is 3. The Kier molecular flexibility index (Phi) is 7.62. The van der Waals surface area contributed by atoms with E-state index in [-0.39, 0.29) is 29.6 Å². The Morgan fingerprint density at radius 3 is 2.55 bits per heavy atom. The SMILES string of the molecule is COc1cc(C(=O)N2[C@H]3CC[C@@H]2[C@H](N)C3)cc2nc(-c3cc4ccc([C@@H](C)NC(=O)c5ccnc(C(F)F)c5)nc4n3CC3CC3)c(C)n12. The topological polar surface area (TPSA) is 133 Å². The Hall–Kier alpha value is -4.91. The van der Waals surface area contributed by atoms with Gasteiger partial charge in [0.1, 0.15) is 22.7 Å². The van der Waals surface area contributed by atoms with Crippen molar-refractivity contribution in [3.05, 3.63) is 76.9 Å². The Morgan fingerprint density at radius 2 is 1.86 bits per heavy atom. The van der Waals surface area contributed by atoms with Crippen LogP contribution in [0.3, 0.4) is 0 Å². The molecule has 13 heteroatoms. The summed E-state index contributed by atoms with van der Waals surface area (Å²) in [6, 6.07) is 11.8. The quantitative estimate of drug-likeness (QED) is 0.209. The fraction of sp³-hybridized carbons (Fsp3) is 0.417. The van der Waals surface area contributed by atoms with Crippen LogP contribution in [0.25, 0.3) is 28.1 Å². The van der Waals surface area contributed by atoms with E-state index in [1.54, 1.807) is 13.2 Å². The number of alkyl halides is 2. The molecule has 0 unspecified atom stereocenters. The van der Waals surface area contributed by atoms with Crippen LogP contribution in [0.5, 0.6) is 5.88 Å². The molecule has 254 valence electrons. The van der Waals surface area contributed by atoms with Gasteiger partial charge in [-0.3, -0.25) is 19.0 Å². The lowest BCUT2D eigenvalue weighted by Crippen LogP contribution is -2.40. The van der Waals surface area contributed by atoms with Crippen LogP contribution in [0, 0.1) is 12.8 Å². The van der Waals surface area contributed by atoms with Gasteiger partial charge < -0.3 is 25.3 Å². The second kappa shape index (κ2) is 11.9. The second-order valence-electron chi connectivity index (χ2n) is 13.6. The third kappa shape index (κ3) is 5.40. The number of nitrogens with zero attached hydrogens (tertiary/aromatic N) is 6. The molecular weight excluding hydrogens is 630 g/mol. The molecule has 4 atom stereocenters. The number of carbonyl (C=O) groups excluding carboxylic acids is 2. The molecule has 5 aromatic heterocycles. The van der Waals surface area contributed by atoms with Crippen LogP contribution in [0.15, 0.2) is 48.7 Å². The fourth-order valence-electron chi connectivity index (χ4n) is 7.68. The van der Waals surface area contributed by atoms with E-state index in [0.717, 1.165) is 72.8 Å². The maximum absolute atomic E-state index is 13.8. The fourth-order valence-corrected chi connectivity index (χ4v) is 7.68. The Morgan fingerprint density at radius 1 is 1.04 bits per heavy atom. The van der Waals surface area contributed by atoms with E-state index in [2.05, 4.69) is 20.9 Å². The first-order valence-corrected chi connectivity index (χ1v) is 16.8. The number of halogens is 2. The number of ether oxygens (including phenoxy) is 1. The van der Waals surface area contributed by atoms with Gasteiger partial charge in [-0.15, -0.1) is 0 Å². The molecule has 2 bridgehead atoms. The van der Waals surface area contributed by atoms with Crippen molar-refractivity contribution in [3.8, 4) is 17.3 Å². The van der Waals surface area contributed by atoms with Gasteiger partial charge in [-0.1, -0.05) is 0 Å². The number of nitrogens with two attached hydrogens (primary N) is 1. The summed E-state index contributed by atoms with van der Waals surface area (Å²) in [5.41, 5.74) is 11.1. The maximum atomic E-state index is 13.8. The average molecular weight is 669 g/mol. The van der Waals surface area contributed by atoms with Crippen molar-refractivity contribution in [2.24, 2.45) is 11.7 Å². The standard InChI is InChI=1S/C36H38F2N8O3/c1-18(41-35(47)22-10-11-40-27(12-22)33(37)38)26-8-6-21-13-29(44(34(21)42-26)17-20-4-5-20)32-19(2)45-30(43-32)14-23(15-31(45)49-3)36(48)46-24-7-9-28(46)25(39)16-24/h6,8,10-15,18,20,24-25,28,33H,4-5,7,9,16-17,39H2,1-3H3,(H,41,47)/t18-,24+,25-,28-/m1/s1. The van der Waals surface area contributed by atoms with Crippen LogP contribution in [-0.4, -0.2) is 65.9 Å². The maximum Gasteiger partial charge on any atom is 0.280 e. The molecule has 3 aliphatic rings. The Labute approximate surface area is 281 Å². The minimum atomic E-state index is -2.77. The zero-order valence-corrected chi connectivity index (χ0v) is 27.6. The van der Waals surface area contributed by atoms with Crippen molar-refractivity contribution in [2.75, 3.05) is 7.11 Å². The number of methoxy groups -OCH3 is 1. The lowest BCUT2D eigenvalue weighted by molar-refractivity contribution is 0.0725. The largest absolute Gasteiger partial charge is 0.482 e. The van der Waals surface area contributed by atoms with E-state index in [1.807, 2.05) is 41.3 Å². The molecule has 49 heavy (non-hydrogen) atoms. The number of hydrogen-bond acceptors (Lipinski definition) is 7. The van der Waals surface area contributed by atoms with E-state index in [1.165, 1.54) is 12.3 Å². The van der Waals surface area contributed by atoms with Gasteiger partial charge in [0.15, 0.2) is 5.88 Å². The molecule has 8 rings (SSSR count). The summed E-state index contributed by atoms with van der Waals surface area (Å²) in [4.78, 5) is 42.5. The van der Waals surface area contributed by atoms with E-state index in [4.69, 9.17) is 20.4 Å². The molecule has 0 radical (unpaired) electrons. The van der Waals surface area contributed by atoms with Crippen LogP contribution in [-0.2, 0) is 6.54 Å². The number of aromatic nitrogens is 5. The second-order valence-corrected chi connectivity index (χ2v) is 13.6. The first-order valence-electron chi connectivity index (χ1n) is 16.8. The smallest absolute Gasteiger partial charge is 0.280 e. The van der Waals surface area contributed by atoms with Gasteiger partial charge >= 0.3 is 0 Å². The predicted molar refractivity (Wildman–Crippen MR) is 179 cm³/mol. The molecule has 3 fully saturated rings. The highest BCUT2D eigenvalue weighted by molar-refractivity contribution is 5.97. The lowest BCUT2D eigenvalue weighted by atomic mass is 9.97. The van der Waals surface area contributed by atoms with Gasteiger partial charge in [-0.05, 0) is 88.3 Å². The zero-order chi connectivity index (χ0) is 34.1. The summed E-state index contributed by atoms with van der Waals surface area (Å²) >= 11 is 0. The molecule has 11 nitrogen and oxygen atoms in total. The average Bonchev–Trinajstić information content (AvgIpc) is 3.42. The molecular formula is C36H38F2N8O3. The number of amides is 2. The number of imidazole rings is 1. The molecule has 2 saturated heterocycles. The highest BCUT2D eigenvalue weighted by Crippen LogP contribution is 2.40. The van der Waals surface area contributed by atoms with Gasteiger partial charge in [0.25, 0.3) is 18.2 Å².